The molecule has 0 fully saturated rings. The van der Waals surface area contributed by atoms with Gasteiger partial charge in [-0.15, -0.1) is 0 Å². The fraction of sp³-hybridized carbons (Fsp3) is 0.176. The number of methoxy groups -OCH3 is 1. The number of nitriles is 1. The Morgan fingerprint density at radius 1 is 1.32 bits per heavy atom. The lowest BCUT2D eigenvalue weighted by atomic mass is 10.1. The average Bonchev–Trinajstić information content (AvgIpc) is 2.52. The van der Waals surface area contributed by atoms with Gasteiger partial charge >= 0.3 is 0 Å². The molecule has 0 aliphatic heterocycles. The number of hydrogen-bond donors (Lipinski definition) is 1. The maximum atomic E-state index is 11.5. The lowest BCUT2D eigenvalue weighted by Gasteiger charge is -2.11. The molecule has 0 radical (unpaired) electrons. The van der Waals surface area contributed by atoms with E-state index in [1.807, 2.05) is 18.2 Å². The molecule has 0 amide bonds. The fourth-order valence-corrected chi connectivity index (χ4v) is 2.61. The molecule has 0 spiro atoms. The van der Waals surface area contributed by atoms with Crippen LogP contribution in [-0.2, 0) is 6.54 Å². The number of Topliss-reactive ketones (excluding diaryl/α,β-unsaturated/α-hetero) is 1. The molecule has 0 aliphatic rings. The first kappa shape index (κ1) is 16.1. The zero-order valence-corrected chi connectivity index (χ0v) is 13.9. The second-order valence-electron chi connectivity index (χ2n) is 4.75. The molecule has 0 atom stereocenters. The smallest absolute Gasteiger partial charge is 0.159 e. The molecule has 2 aromatic rings. The first-order valence-corrected chi connectivity index (χ1v) is 7.46. The Bertz CT molecular complexity index is 751. The molecule has 22 heavy (non-hydrogen) atoms. The number of ketones is 1. The molecule has 112 valence electrons. The third-order valence-electron chi connectivity index (χ3n) is 3.25. The van der Waals surface area contributed by atoms with Gasteiger partial charge in [0, 0.05) is 12.1 Å². The summed E-state index contributed by atoms with van der Waals surface area (Å²) in [4.78, 5) is 11.5. The summed E-state index contributed by atoms with van der Waals surface area (Å²) in [7, 11) is 1.62. The minimum atomic E-state index is -0.0280. The molecule has 0 unspecified atom stereocenters. The average molecular weight is 359 g/mol. The van der Waals surface area contributed by atoms with E-state index >= 15 is 0 Å². The number of anilines is 1. The van der Waals surface area contributed by atoms with Gasteiger partial charge in [-0.2, -0.15) is 5.26 Å². The van der Waals surface area contributed by atoms with Crippen molar-refractivity contribution in [2.45, 2.75) is 13.5 Å². The maximum absolute atomic E-state index is 11.5. The quantitative estimate of drug-likeness (QED) is 0.815. The Hall–Kier alpha value is -2.32. The van der Waals surface area contributed by atoms with Gasteiger partial charge in [0.25, 0.3) is 0 Å². The molecule has 0 aromatic heterocycles. The van der Waals surface area contributed by atoms with Crippen molar-refractivity contribution in [3.8, 4) is 11.8 Å². The van der Waals surface area contributed by atoms with Crippen molar-refractivity contribution in [2.24, 2.45) is 0 Å². The van der Waals surface area contributed by atoms with E-state index in [0.717, 1.165) is 15.8 Å². The minimum Gasteiger partial charge on any atom is -0.496 e. The Kier molecular flexibility index (Phi) is 5.18. The molecule has 0 saturated heterocycles. The monoisotopic (exact) mass is 358 g/mol. The molecular weight excluding hydrogens is 344 g/mol. The molecule has 0 heterocycles. The van der Waals surface area contributed by atoms with Crippen LogP contribution in [0.4, 0.5) is 5.69 Å². The summed E-state index contributed by atoms with van der Waals surface area (Å²) in [5.74, 6) is 0.736. The Labute approximate surface area is 137 Å². The van der Waals surface area contributed by atoms with Gasteiger partial charge in [-0.05, 0) is 58.7 Å². The zero-order valence-electron chi connectivity index (χ0n) is 12.3. The zero-order chi connectivity index (χ0) is 16.1. The molecule has 1 N–H and O–H groups in total. The lowest BCUT2D eigenvalue weighted by molar-refractivity contribution is 0.101. The van der Waals surface area contributed by atoms with Crippen molar-refractivity contribution in [3.63, 3.8) is 0 Å². The first-order valence-electron chi connectivity index (χ1n) is 6.66. The van der Waals surface area contributed by atoms with Gasteiger partial charge in [-0.1, -0.05) is 6.07 Å². The van der Waals surface area contributed by atoms with E-state index in [0.29, 0.717) is 23.4 Å². The largest absolute Gasteiger partial charge is 0.496 e. The van der Waals surface area contributed by atoms with Crippen molar-refractivity contribution >= 4 is 27.4 Å². The molecular formula is C17H15BrN2O2. The molecule has 2 aromatic carbocycles. The van der Waals surface area contributed by atoms with Crippen LogP contribution in [0.5, 0.6) is 5.75 Å². The van der Waals surface area contributed by atoms with Crippen LogP contribution in [0.1, 0.15) is 28.4 Å². The highest BCUT2D eigenvalue weighted by Gasteiger charge is 2.07. The van der Waals surface area contributed by atoms with Gasteiger partial charge in [0.2, 0.25) is 0 Å². The molecule has 5 heteroatoms. The molecule has 0 saturated carbocycles. The van der Waals surface area contributed by atoms with Crippen LogP contribution < -0.4 is 10.1 Å². The highest BCUT2D eigenvalue weighted by Crippen LogP contribution is 2.26. The van der Waals surface area contributed by atoms with Crippen molar-refractivity contribution < 1.29 is 9.53 Å². The molecule has 0 aliphatic carbocycles. The van der Waals surface area contributed by atoms with Crippen LogP contribution in [-0.4, -0.2) is 12.9 Å². The number of nitrogens with one attached hydrogen (secondary N) is 1. The summed E-state index contributed by atoms with van der Waals surface area (Å²) in [5.41, 5.74) is 2.78. The number of nitrogens with zero attached hydrogens (tertiary/aromatic N) is 1. The number of rotatable bonds is 5. The Morgan fingerprint density at radius 2 is 2.09 bits per heavy atom. The second-order valence-corrected chi connectivity index (χ2v) is 5.61. The third-order valence-corrected chi connectivity index (χ3v) is 3.87. The van der Waals surface area contributed by atoms with Crippen molar-refractivity contribution in [1.82, 2.24) is 0 Å². The highest BCUT2D eigenvalue weighted by atomic mass is 79.9. The van der Waals surface area contributed by atoms with Crippen LogP contribution in [0.3, 0.4) is 0 Å². The van der Waals surface area contributed by atoms with E-state index in [2.05, 4.69) is 27.3 Å². The van der Waals surface area contributed by atoms with Crippen LogP contribution in [0.15, 0.2) is 40.9 Å². The number of hydrogen-bond acceptors (Lipinski definition) is 4. The number of carbonyl (C=O) groups excluding carboxylic acids is 1. The van der Waals surface area contributed by atoms with Gasteiger partial charge in [0.1, 0.15) is 11.8 Å². The predicted molar refractivity (Wildman–Crippen MR) is 89.2 cm³/mol. The number of carbonyl (C=O) groups is 1. The Balaban J connectivity index is 2.20. The van der Waals surface area contributed by atoms with E-state index in [-0.39, 0.29) is 5.78 Å². The van der Waals surface area contributed by atoms with E-state index in [1.165, 1.54) is 6.92 Å². The van der Waals surface area contributed by atoms with Gasteiger partial charge < -0.3 is 10.1 Å². The van der Waals surface area contributed by atoms with E-state index in [1.54, 1.807) is 25.3 Å². The van der Waals surface area contributed by atoms with Gasteiger partial charge in [-0.25, -0.2) is 0 Å². The fourth-order valence-electron chi connectivity index (χ4n) is 2.02. The van der Waals surface area contributed by atoms with Gasteiger partial charge in [0.15, 0.2) is 5.78 Å². The minimum absolute atomic E-state index is 0.0280. The summed E-state index contributed by atoms with van der Waals surface area (Å²) in [6, 6.07) is 12.9. The van der Waals surface area contributed by atoms with E-state index < -0.39 is 0 Å². The Morgan fingerprint density at radius 3 is 2.68 bits per heavy atom. The van der Waals surface area contributed by atoms with Crippen LogP contribution >= 0.6 is 15.9 Å². The predicted octanol–water partition coefficient (Wildman–Crippen LogP) is 4.14. The topological polar surface area (TPSA) is 62.1 Å². The summed E-state index contributed by atoms with van der Waals surface area (Å²) in [6.07, 6.45) is 0. The summed E-state index contributed by atoms with van der Waals surface area (Å²) < 4.78 is 6.06. The maximum Gasteiger partial charge on any atom is 0.159 e. The molecule has 2 rings (SSSR count). The summed E-state index contributed by atoms with van der Waals surface area (Å²) in [6.45, 7) is 2.05. The second kappa shape index (κ2) is 7.10. The van der Waals surface area contributed by atoms with E-state index in [4.69, 9.17) is 10.00 Å². The standard InChI is InChI=1S/C17H15BrN2O2/c1-11(21)13-4-5-14(9-19)16(8-13)20-10-12-3-6-17(22-2)15(18)7-12/h3-8,20H,10H2,1-2H3. The summed E-state index contributed by atoms with van der Waals surface area (Å²) in [5, 5.41) is 12.4. The number of halogens is 1. The van der Waals surface area contributed by atoms with Crippen LogP contribution in [0.25, 0.3) is 0 Å². The molecule has 4 nitrogen and oxygen atoms in total. The normalized spacial score (nSPS) is 9.91. The van der Waals surface area contributed by atoms with Crippen molar-refractivity contribution in [2.75, 3.05) is 12.4 Å². The highest BCUT2D eigenvalue weighted by molar-refractivity contribution is 9.10. The van der Waals surface area contributed by atoms with Crippen LogP contribution in [0.2, 0.25) is 0 Å². The van der Waals surface area contributed by atoms with Crippen LogP contribution in [0, 0.1) is 11.3 Å². The van der Waals surface area contributed by atoms with Gasteiger partial charge in [-0.3, -0.25) is 4.79 Å². The number of benzene rings is 2. The van der Waals surface area contributed by atoms with Crippen molar-refractivity contribution in [1.29, 1.82) is 5.26 Å². The van der Waals surface area contributed by atoms with E-state index in [9.17, 15) is 4.79 Å². The lowest BCUT2D eigenvalue weighted by Crippen LogP contribution is -2.03. The SMILES string of the molecule is COc1ccc(CNc2cc(C(C)=O)ccc2C#N)cc1Br. The van der Waals surface area contributed by atoms with Gasteiger partial charge in [0.05, 0.1) is 22.8 Å². The summed E-state index contributed by atoms with van der Waals surface area (Å²) >= 11 is 3.44. The number of ether oxygens (including phenoxy) is 1. The molecule has 0 bridgehead atoms. The van der Waals surface area contributed by atoms with Crippen molar-refractivity contribution in [3.05, 3.63) is 57.6 Å². The first-order chi connectivity index (χ1) is 10.5. The third kappa shape index (κ3) is 3.66.